The zero-order chi connectivity index (χ0) is 13.8. The molecule has 0 aliphatic heterocycles. The first-order valence-corrected chi connectivity index (χ1v) is 6.04. The van der Waals surface area contributed by atoms with Gasteiger partial charge in [-0.2, -0.15) is 0 Å². The van der Waals surface area contributed by atoms with Gasteiger partial charge in [0.2, 0.25) is 0 Å². The molecule has 1 aromatic carbocycles. The highest BCUT2D eigenvalue weighted by Gasteiger charge is 2.12. The first-order chi connectivity index (χ1) is 8.29. The number of hydrogen-bond donors (Lipinski definition) is 1. The van der Waals surface area contributed by atoms with Gasteiger partial charge >= 0.3 is 0 Å². The Hall–Kier alpha value is -1.13. The standard InChI is InChI=1S/C14H21FO3/c1-10(16)12-9-11(15)5-6-13(12)17-7-8-18-14(2,3)4/h5-6,9-10,16H,7-8H2,1-4H3/t10-/m0/s1. The first kappa shape index (κ1) is 14.9. The third-order valence-electron chi connectivity index (χ3n) is 2.30. The summed E-state index contributed by atoms with van der Waals surface area (Å²) in [4.78, 5) is 0. The third kappa shape index (κ3) is 5.02. The van der Waals surface area contributed by atoms with Crippen LogP contribution in [0.25, 0.3) is 0 Å². The van der Waals surface area contributed by atoms with E-state index in [0.717, 1.165) is 0 Å². The van der Waals surface area contributed by atoms with Crippen molar-refractivity contribution in [2.24, 2.45) is 0 Å². The van der Waals surface area contributed by atoms with Crippen molar-refractivity contribution < 1.29 is 19.0 Å². The minimum absolute atomic E-state index is 0.209. The Morgan fingerprint density at radius 3 is 2.50 bits per heavy atom. The lowest BCUT2D eigenvalue weighted by Gasteiger charge is -2.20. The molecule has 0 unspecified atom stereocenters. The number of ether oxygens (including phenoxy) is 2. The lowest BCUT2D eigenvalue weighted by atomic mass is 10.1. The van der Waals surface area contributed by atoms with Crippen LogP contribution < -0.4 is 4.74 Å². The smallest absolute Gasteiger partial charge is 0.125 e. The molecule has 0 aliphatic rings. The number of aliphatic hydroxyl groups is 1. The van der Waals surface area contributed by atoms with Crippen LogP contribution in [-0.2, 0) is 4.74 Å². The van der Waals surface area contributed by atoms with Gasteiger partial charge in [-0.05, 0) is 45.9 Å². The van der Waals surface area contributed by atoms with E-state index in [9.17, 15) is 9.50 Å². The van der Waals surface area contributed by atoms with Crippen molar-refractivity contribution in [1.82, 2.24) is 0 Å². The summed E-state index contributed by atoms with van der Waals surface area (Å²) in [5.74, 6) is 0.105. The van der Waals surface area contributed by atoms with Crippen molar-refractivity contribution in [2.75, 3.05) is 13.2 Å². The Morgan fingerprint density at radius 2 is 1.94 bits per heavy atom. The zero-order valence-corrected chi connectivity index (χ0v) is 11.4. The molecule has 0 saturated carbocycles. The fourth-order valence-corrected chi connectivity index (χ4v) is 1.48. The third-order valence-corrected chi connectivity index (χ3v) is 2.30. The average molecular weight is 256 g/mol. The zero-order valence-electron chi connectivity index (χ0n) is 11.4. The predicted molar refractivity (Wildman–Crippen MR) is 68.2 cm³/mol. The molecule has 0 bridgehead atoms. The normalized spacial score (nSPS) is 13.4. The fraction of sp³-hybridized carbons (Fsp3) is 0.571. The molecule has 18 heavy (non-hydrogen) atoms. The monoisotopic (exact) mass is 256 g/mol. The van der Waals surface area contributed by atoms with Gasteiger partial charge in [-0.25, -0.2) is 4.39 Å². The number of rotatable bonds is 5. The molecular formula is C14H21FO3. The summed E-state index contributed by atoms with van der Waals surface area (Å²) >= 11 is 0. The van der Waals surface area contributed by atoms with E-state index >= 15 is 0 Å². The van der Waals surface area contributed by atoms with Gasteiger partial charge in [0.15, 0.2) is 0 Å². The summed E-state index contributed by atoms with van der Waals surface area (Å²) in [6.07, 6.45) is -0.765. The van der Waals surface area contributed by atoms with E-state index in [-0.39, 0.29) is 11.4 Å². The maximum absolute atomic E-state index is 13.1. The molecular weight excluding hydrogens is 235 g/mol. The van der Waals surface area contributed by atoms with Gasteiger partial charge in [-0.1, -0.05) is 0 Å². The van der Waals surface area contributed by atoms with Crippen molar-refractivity contribution >= 4 is 0 Å². The SMILES string of the molecule is C[C@H](O)c1cc(F)ccc1OCCOC(C)(C)C. The lowest BCUT2D eigenvalue weighted by molar-refractivity contribution is -0.0166. The topological polar surface area (TPSA) is 38.7 Å². The molecule has 4 heteroatoms. The van der Waals surface area contributed by atoms with Gasteiger partial charge in [0, 0.05) is 5.56 Å². The molecule has 0 saturated heterocycles. The summed E-state index contributed by atoms with van der Waals surface area (Å²) in [6, 6.07) is 4.12. The minimum atomic E-state index is -0.765. The van der Waals surface area contributed by atoms with Crippen LogP contribution in [0.5, 0.6) is 5.75 Å². The summed E-state index contributed by atoms with van der Waals surface area (Å²) in [7, 11) is 0. The van der Waals surface area contributed by atoms with Gasteiger partial charge in [-0.3, -0.25) is 0 Å². The molecule has 1 N–H and O–H groups in total. The largest absolute Gasteiger partial charge is 0.491 e. The fourth-order valence-electron chi connectivity index (χ4n) is 1.48. The maximum Gasteiger partial charge on any atom is 0.125 e. The first-order valence-electron chi connectivity index (χ1n) is 6.04. The van der Waals surface area contributed by atoms with Crippen LogP contribution in [0.15, 0.2) is 18.2 Å². The van der Waals surface area contributed by atoms with Crippen LogP contribution in [0.1, 0.15) is 39.4 Å². The van der Waals surface area contributed by atoms with Crippen molar-refractivity contribution in [1.29, 1.82) is 0 Å². The quantitative estimate of drug-likeness (QED) is 0.823. The molecule has 1 rings (SSSR count). The molecule has 0 radical (unpaired) electrons. The van der Waals surface area contributed by atoms with E-state index < -0.39 is 6.10 Å². The summed E-state index contributed by atoms with van der Waals surface area (Å²) in [5, 5.41) is 9.54. The lowest BCUT2D eigenvalue weighted by Crippen LogP contribution is -2.22. The Bertz CT molecular complexity index is 383. The molecule has 1 aromatic rings. The van der Waals surface area contributed by atoms with Crippen LogP contribution in [0.4, 0.5) is 4.39 Å². The van der Waals surface area contributed by atoms with E-state index in [2.05, 4.69) is 0 Å². The highest BCUT2D eigenvalue weighted by atomic mass is 19.1. The van der Waals surface area contributed by atoms with E-state index in [0.29, 0.717) is 24.5 Å². The predicted octanol–water partition coefficient (Wildman–Crippen LogP) is 3.07. The Labute approximate surface area is 108 Å². The van der Waals surface area contributed by atoms with Crippen molar-refractivity contribution in [3.8, 4) is 5.75 Å². The van der Waals surface area contributed by atoms with Crippen LogP contribution >= 0.6 is 0 Å². The maximum atomic E-state index is 13.1. The van der Waals surface area contributed by atoms with Gasteiger partial charge in [0.05, 0.1) is 18.3 Å². The molecule has 0 amide bonds. The van der Waals surface area contributed by atoms with Crippen molar-refractivity contribution in [2.45, 2.75) is 39.4 Å². The number of benzene rings is 1. The van der Waals surface area contributed by atoms with E-state index in [1.807, 2.05) is 20.8 Å². The highest BCUT2D eigenvalue weighted by molar-refractivity contribution is 5.35. The van der Waals surface area contributed by atoms with Crippen molar-refractivity contribution in [3.63, 3.8) is 0 Å². The Kier molecular flexibility index (Phi) is 5.11. The number of aliphatic hydroxyl groups excluding tert-OH is 1. The second-order valence-electron chi connectivity index (χ2n) is 5.17. The van der Waals surface area contributed by atoms with Crippen molar-refractivity contribution in [3.05, 3.63) is 29.6 Å². The number of halogens is 1. The van der Waals surface area contributed by atoms with Gasteiger partial charge in [0.25, 0.3) is 0 Å². The van der Waals surface area contributed by atoms with Crippen LogP contribution in [0.3, 0.4) is 0 Å². The minimum Gasteiger partial charge on any atom is -0.491 e. The molecule has 102 valence electrons. The molecule has 0 fully saturated rings. The molecule has 0 aliphatic carbocycles. The number of hydrogen-bond acceptors (Lipinski definition) is 3. The van der Waals surface area contributed by atoms with E-state index in [1.165, 1.54) is 18.2 Å². The molecule has 1 atom stereocenters. The highest BCUT2D eigenvalue weighted by Crippen LogP contribution is 2.25. The van der Waals surface area contributed by atoms with E-state index in [4.69, 9.17) is 9.47 Å². The van der Waals surface area contributed by atoms with Gasteiger partial charge in [0.1, 0.15) is 18.2 Å². The summed E-state index contributed by atoms with van der Waals surface area (Å²) < 4.78 is 24.1. The summed E-state index contributed by atoms with van der Waals surface area (Å²) in [5.41, 5.74) is 0.241. The molecule has 0 spiro atoms. The van der Waals surface area contributed by atoms with Crippen LogP contribution in [0, 0.1) is 5.82 Å². The molecule has 0 heterocycles. The van der Waals surface area contributed by atoms with Crippen LogP contribution in [0.2, 0.25) is 0 Å². The van der Waals surface area contributed by atoms with E-state index in [1.54, 1.807) is 6.92 Å². The summed E-state index contributed by atoms with van der Waals surface area (Å²) in [6.45, 7) is 8.28. The Balaban J connectivity index is 2.57. The van der Waals surface area contributed by atoms with Crippen LogP contribution in [-0.4, -0.2) is 23.9 Å². The average Bonchev–Trinajstić information content (AvgIpc) is 2.24. The van der Waals surface area contributed by atoms with Gasteiger partial charge < -0.3 is 14.6 Å². The second kappa shape index (κ2) is 6.16. The molecule has 0 aromatic heterocycles. The van der Waals surface area contributed by atoms with Gasteiger partial charge in [-0.15, -0.1) is 0 Å². The second-order valence-corrected chi connectivity index (χ2v) is 5.17. The Morgan fingerprint density at radius 1 is 1.28 bits per heavy atom. The molecule has 3 nitrogen and oxygen atoms in total.